The molecule has 1 amide bonds. The number of fused-ring (bicyclic) bond motifs is 3. The lowest BCUT2D eigenvalue weighted by molar-refractivity contribution is -0.121. The van der Waals surface area contributed by atoms with E-state index >= 15 is 0 Å². The number of amides is 1. The van der Waals surface area contributed by atoms with Gasteiger partial charge in [-0.2, -0.15) is 0 Å². The summed E-state index contributed by atoms with van der Waals surface area (Å²) in [7, 11) is 1.98. The zero-order chi connectivity index (χ0) is 22.2. The van der Waals surface area contributed by atoms with E-state index in [-0.39, 0.29) is 11.3 Å². The highest BCUT2D eigenvalue weighted by atomic mass is 16.1. The van der Waals surface area contributed by atoms with Gasteiger partial charge in [-0.25, -0.2) is 0 Å². The summed E-state index contributed by atoms with van der Waals surface area (Å²) in [4.78, 5) is 27.8. The number of carbonyl (C=O) groups excluding carboxylic acids is 2. The van der Waals surface area contributed by atoms with E-state index in [0.29, 0.717) is 36.6 Å². The van der Waals surface area contributed by atoms with E-state index in [9.17, 15) is 9.59 Å². The zero-order valence-electron chi connectivity index (χ0n) is 19.5. The molecule has 2 saturated heterocycles. The van der Waals surface area contributed by atoms with E-state index in [4.69, 9.17) is 0 Å². The maximum absolute atomic E-state index is 12.9. The lowest BCUT2D eigenvalue weighted by Gasteiger charge is -2.39. The van der Waals surface area contributed by atoms with Crippen LogP contribution in [0.1, 0.15) is 69.7 Å². The third-order valence-electron chi connectivity index (χ3n) is 7.05. The molecule has 3 heterocycles. The summed E-state index contributed by atoms with van der Waals surface area (Å²) in [5.74, 6) is 0.939. The summed E-state index contributed by atoms with van der Waals surface area (Å²) in [6.07, 6.45) is 7.98. The van der Waals surface area contributed by atoms with Gasteiger partial charge < -0.3 is 9.88 Å². The number of rotatable bonds is 7. The van der Waals surface area contributed by atoms with E-state index in [1.165, 1.54) is 12.8 Å². The average molecular weight is 424 g/mol. The Labute approximate surface area is 186 Å². The second kappa shape index (κ2) is 8.78. The van der Waals surface area contributed by atoms with Crippen molar-refractivity contribution in [2.75, 3.05) is 13.1 Å². The Bertz CT molecular complexity index is 941. The molecular weight excluding hydrogens is 386 g/mol. The lowest BCUT2D eigenvalue weighted by Crippen LogP contribution is -2.46. The number of benzene rings is 1. The van der Waals surface area contributed by atoms with Gasteiger partial charge in [0.25, 0.3) is 5.91 Å². The number of para-hydroxylation sites is 1. The predicted octanol–water partition coefficient (Wildman–Crippen LogP) is 4.55. The van der Waals surface area contributed by atoms with E-state index in [1.807, 2.05) is 42.1 Å². The molecule has 0 saturated carbocycles. The molecule has 1 aromatic carbocycles. The number of aromatic nitrogens is 1. The molecule has 2 aliphatic heterocycles. The van der Waals surface area contributed by atoms with Gasteiger partial charge >= 0.3 is 0 Å². The third kappa shape index (κ3) is 5.03. The molecule has 5 nitrogen and oxygen atoms in total. The molecule has 2 fully saturated rings. The highest BCUT2D eigenvalue weighted by Gasteiger charge is 2.40. The number of ketones is 1. The molecule has 1 N–H and O–H groups in total. The first kappa shape index (κ1) is 22.1. The third-order valence-corrected chi connectivity index (χ3v) is 7.05. The van der Waals surface area contributed by atoms with Crippen molar-refractivity contribution >= 4 is 22.6 Å². The lowest BCUT2D eigenvalue weighted by atomic mass is 9.88. The predicted molar refractivity (Wildman–Crippen MR) is 125 cm³/mol. The van der Waals surface area contributed by atoms with Crippen LogP contribution in [0.25, 0.3) is 10.9 Å². The Morgan fingerprint density at radius 1 is 1.10 bits per heavy atom. The second-order valence-electron chi connectivity index (χ2n) is 10.9. The van der Waals surface area contributed by atoms with Gasteiger partial charge in [-0.05, 0) is 43.1 Å². The normalized spacial score (nSPS) is 23.9. The molecule has 0 aliphatic carbocycles. The van der Waals surface area contributed by atoms with Crippen LogP contribution in [0.15, 0.2) is 30.5 Å². The minimum Gasteiger partial charge on any atom is -0.352 e. The van der Waals surface area contributed by atoms with Crippen LogP contribution < -0.4 is 5.32 Å². The summed E-state index contributed by atoms with van der Waals surface area (Å²) in [6, 6.07) is 9.19. The summed E-state index contributed by atoms with van der Waals surface area (Å²) < 4.78 is 2.02. The maximum Gasteiger partial charge on any atom is 0.253 e. The summed E-state index contributed by atoms with van der Waals surface area (Å²) in [6.45, 7) is 8.04. The molecule has 5 heteroatoms. The monoisotopic (exact) mass is 423 g/mol. The first-order chi connectivity index (χ1) is 14.7. The highest BCUT2D eigenvalue weighted by molar-refractivity contribution is 6.06. The van der Waals surface area contributed by atoms with Crippen molar-refractivity contribution in [3.63, 3.8) is 0 Å². The van der Waals surface area contributed by atoms with Crippen molar-refractivity contribution in [2.24, 2.45) is 18.4 Å². The van der Waals surface area contributed by atoms with Gasteiger partial charge in [-0.3, -0.25) is 14.5 Å². The molecule has 2 bridgehead atoms. The summed E-state index contributed by atoms with van der Waals surface area (Å²) >= 11 is 0. The van der Waals surface area contributed by atoms with E-state index < -0.39 is 0 Å². The second-order valence-corrected chi connectivity index (χ2v) is 10.9. The Kier molecular flexibility index (Phi) is 6.25. The van der Waals surface area contributed by atoms with Gasteiger partial charge in [0.2, 0.25) is 0 Å². The fraction of sp³-hybridized carbons (Fsp3) is 0.615. The number of hydrogen-bond donors (Lipinski definition) is 1. The fourth-order valence-electron chi connectivity index (χ4n) is 5.71. The number of aryl methyl sites for hydroxylation is 1. The first-order valence-electron chi connectivity index (χ1n) is 11.8. The number of nitrogens with one attached hydrogen (secondary N) is 1. The molecule has 1 aromatic heterocycles. The Hall–Kier alpha value is -2.14. The largest absolute Gasteiger partial charge is 0.352 e. The Morgan fingerprint density at radius 3 is 2.45 bits per heavy atom. The van der Waals surface area contributed by atoms with Crippen LogP contribution in [0.2, 0.25) is 0 Å². The van der Waals surface area contributed by atoms with E-state index in [0.717, 1.165) is 42.4 Å². The quantitative estimate of drug-likeness (QED) is 0.711. The molecule has 2 aromatic rings. The van der Waals surface area contributed by atoms with Gasteiger partial charge in [0, 0.05) is 62.2 Å². The van der Waals surface area contributed by atoms with E-state index in [1.54, 1.807) is 0 Å². The Morgan fingerprint density at radius 2 is 1.77 bits per heavy atom. The minimum atomic E-state index is 0.0272. The van der Waals surface area contributed by atoms with E-state index in [2.05, 4.69) is 31.0 Å². The molecule has 3 atom stereocenters. The van der Waals surface area contributed by atoms with Gasteiger partial charge in [0.05, 0.1) is 5.56 Å². The van der Waals surface area contributed by atoms with Gasteiger partial charge in [-0.15, -0.1) is 0 Å². The van der Waals surface area contributed by atoms with Gasteiger partial charge in [-0.1, -0.05) is 39.0 Å². The van der Waals surface area contributed by atoms with Crippen LogP contribution >= 0.6 is 0 Å². The van der Waals surface area contributed by atoms with Gasteiger partial charge in [0.1, 0.15) is 5.78 Å². The number of piperidine rings is 1. The smallest absolute Gasteiger partial charge is 0.253 e. The van der Waals surface area contributed by atoms with Crippen LogP contribution in [0.5, 0.6) is 0 Å². The van der Waals surface area contributed by atoms with Crippen LogP contribution in [0.4, 0.5) is 0 Å². The molecule has 31 heavy (non-hydrogen) atoms. The van der Waals surface area contributed by atoms with Crippen molar-refractivity contribution in [2.45, 2.75) is 71.4 Å². The maximum atomic E-state index is 12.9. The Balaban J connectivity index is 1.29. The molecule has 1 unspecified atom stereocenters. The molecule has 4 rings (SSSR count). The standard InChI is InChI=1S/C26H37N3O2/c1-26(2,3)15-21(30)11-12-29-19-9-10-20(29)14-18(13-19)16-27-25(31)23-17-28(4)24-8-6-5-7-22(23)24/h5-8,17-20H,9-16H2,1-4H3,(H,27,31)/t18?,19-,20+. The van der Waals surface area contributed by atoms with Crippen molar-refractivity contribution < 1.29 is 9.59 Å². The van der Waals surface area contributed by atoms with Crippen LogP contribution in [0, 0.1) is 11.3 Å². The fourth-order valence-corrected chi connectivity index (χ4v) is 5.71. The van der Waals surface area contributed by atoms with Crippen molar-refractivity contribution in [3.05, 3.63) is 36.0 Å². The molecule has 168 valence electrons. The van der Waals surface area contributed by atoms with Crippen molar-refractivity contribution in [1.82, 2.24) is 14.8 Å². The van der Waals surface area contributed by atoms with Crippen LogP contribution in [-0.2, 0) is 11.8 Å². The summed E-state index contributed by atoms with van der Waals surface area (Å²) in [5, 5.41) is 4.22. The van der Waals surface area contributed by atoms with Crippen molar-refractivity contribution in [3.8, 4) is 0 Å². The average Bonchev–Trinajstić information content (AvgIpc) is 3.16. The van der Waals surface area contributed by atoms with Crippen molar-refractivity contribution in [1.29, 1.82) is 0 Å². The topological polar surface area (TPSA) is 54.3 Å². The SMILES string of the molecule is Cn1cc(C(=O)NCC2C[C@H]3CC[C@@H](C2)N3CCC(=O)CC(C)(C)C)c2ccccc21. The zero-order valence-corrected chi connectivity index (χ0v) is 19.5. The molecule has 2 aliphatic rings. The van der Waals surface area contributed by atoms with Crippen LogP contribution in [-0.4, -0.2) is 46.3 Å². The molecule has 0 spiro atoms. The minimum absolute atomic E-state index is 0.0272. The van der Waals surface area contributed by atoms with Crippen LogP contribution in [0.3, 0.4) is 0 Å². The number of nitrogens with zero attached hydrogens (tertiary/aromatic N) is 2. The number of carbonyl (C=O) groups is 2. The molecular formula is C26H37N3O2. The molecule has 0 radical (unpaired) electrons. The number of hydrogen-bond acceptors (Lipinski definition) is 3. The highest BCUT2D eigenvalue weighted by Crippen LogP contribution is 2.38. The van der Waals surface area contributed by atoms with Gasteiger partial charge in [0.15, 0.2) is 0 Å². The number of Topliss-reactive ketones (excluding diaryl/α,β-unsaturated/α-hetero) is 1. The first-order valence-corrected chi connectivity index (χ1v) is 11.8. The summed E-state index contributed by atoms with van der Waals surface area (Å²) in [5.41, 5.74) is 1.92.